The topological polar surface area (TPSA) is 70.7 Å². The molecule has 1 fully saturated rings. The molecule has 27 heavy (non-hydrogen) atoms. The Labute approximate surface area is 172 Å². The molecule has 2 amide bonds. The predicted molar refractivity (Wildman–Crippen MR) is 111 cm³/mol. The minimum atomic E-state index is -0.539. The normalized spacial score (nSPS) is 15.6. The maximum Gasteiger partial charge on any atom is 0.255 e. The first-order valence-corrected chi connectivity index (χ1v) is 9.45. The minimum absolute atomic E-state index is 0. The molecule has 0 radical (unpaired) electrons. The number of anilines is 1. The van der Waals surface area contributed by atoms with E-state index >= 15 is 0 Å². The first-order valence-electron chi connectivity index (χ1n) is 9.07. The van der Waals surface area contributed by atoms with Gasteiger partial charge in [-0.3, -0.25) is 9.59 Å². The van der Waals surface area contributed by atoms with E-state index in [0.29, 0.717) is 36.0 Å². The highest BCUT2D eigenvalue weighted by Crippen LogP contribution is 2.31. The molecule has 0 unspecified atom stereocenters. The fourth-order valence-corrected chi connectivity index (χ4v) is 3.59. The van der Waals surface area contributed by atoms with Gasteiger partial charge in [0.15, 0.2) is 0 Å². The summed E-state index contributed by atoms with van der Waals surface area (Å²) in [7, 11) is 1.61. The van der Waals surface area contributed by atoms with Gasteiger partial charge in [0.1, 0.15) is 0 Å². The van der Waals surface area contributed by atoms with Gasteiger partial charge in [-0.2, -0.15) is 0 Å². The van der Waals surface area contributed by atoms with E-state index in [0.717, 1.165) is 25.9 Å². The summed E-state index contributed by atoms with van der Waals surface area (Å²) in [6.07, 6.45) is 1.44. The summed E-state index contributed by atoms with van der Waals surface area (Å²) in [5, 5.41) is 6.55. The van der Waals surface area contributed by atoms with Crippen LogP contribution in [0.4, 0.5) is 5.69 Å². The standard InChI is InChI=1S/C19H28ClN3O3.ClH/c1-4-23(5-2)17(24)15-7-6-14(12-16(15)20)22-18(25)19(13-26-3)8-10-21-11-9-19;/h6-7,12,21H,4-5,8-11,13H2,1-3H3,(H,22,25);1H. The summed E-state index contributed by atoms with van der Waals surface area (Å²) in [5.41, 5.74) is 0.495. The highest BCUT2D eigenvalue weighted by Gasteiger charge is 2.39. The molecule has 0 aliphatic carbocycles. The van der Waals surface area contributed by atoms with Gasteiger partial charge in [0, 0.05) is 25.9 Å². The lowest BCUT2D eigenvalue weighted by Crippen LogP contribution is -2.47. The molecule has 2 rings (SSSR count). The SMILES string of the molecule is CCN(CC)C(=O)c1ccc(NC(=O)C2(COC)CCNCC2)cc1Cl.Cl. The molecule has 1 aliphatic rings. The van der Waals surface area contributed by atoms with E-state index in [1.54, 1.807) is 30.2 Å². The van der Waals surface area contributed by atoms with E-state index in [9.17, 15) is 9.59 Å². The minimum Gasteiger partial charge on any atom is -0.384 e. The van der Waals surface area contributed by atoms with Crippen molar-refractivity contribution < 1.29 is 14.3 Å². The summed E-state index contributed by atoms with van der Waals surface area (Å²) in [6, 6.07) is 5.03. The molecule has 0 saturated carbocycles. The van der Waals surface area contributed by atoms with Crippen molar-refractivity contribution in [2.45, 2.75) is 26.7 Å². The van der Waals surface area contributed by atoms with E-state index in [4.69, 9.17) is 16.3 Å². The summed E-state index contributed by atoms with van der Waals surface area (Å²) in [5.74, 6) is -0.174. The number of amides is 2. The molecule has 0 aromatic heterocycles. The number of hydrogen-bond donors (Lipinski definition) is 2. The van der Waals surface area contributed by atoms with Crippen LogP contribution >= 0.6 is 24.0 Å². The van der Waals surface area contributed by atoms with Crippen molar-refractivity contribution in [1.29, 1.82) is 0 Å². The van der Waals surface area contributed by atoms with Crippen LogP contribution in [-0.4, -0.2) is 56.6 Å². The van der Waals surface area contributed by atoms with E-state index < -0.39 is 5.41 Å². The molecular weight excluding hydrogens is 389 g/mol. The lowest BCUT2D eigenvalue weighted by molar-refractivity contribution is -0.130. The molecule has 8 heteroatoms. The smallest absolute Gasteiger partial charge is 0.255 e. The molecule has 0 bridgehead atoms. The molecule has 152 valence electrons. The van der Waals surface area contributed by atoms with Crippen LogP contribution in [0.2, 0.25) is 5.02 Å². The van der Waals surface area contributed by atoms with E-state index in [1.165, 1.54) is 0 Å². The van der Waals surface area contributed by atoms with E-state index in [2.05, 4.69) is 10.6 Å². The fourth-order valence-electron chi connectivity index (χ4n) is 3.33. The van der Waals surface area contributed by atoms with Crippen molar-refractivity contribution in [2.75, 3.05) is 45.2 Å². The third-order valence-electron chi connectivity index (χ3n) is 4.97. The van der Waals surface area contributed by atoms with Gasteiger partial charge in [-0.1, -0.05) is 11.6 Å². The second kappa shape index (κ2) is 10.9. The summed E-state index contributed by atoms with van der Waals surface area (Å²) >= 11 is 6.31. The molecule has 1 aromatic carbocycles. The molecule has 1 saturated heterocycles. The molecule has 1 heterocycles. The average molecular weight is 418 g/mol. The summed E-state index contributed by atoms with van der Waals surface area (Å²) in [4.78, 5) is 27.1. The number of nitrogens with one attached hydrogen (secondary N) is 2. The van der Waals surface area contributed by atoms with Gasteiger partial charge >= 0.3 is 0 Å². The molecule has 1 aromatic rings. The Morgan fingerprint density at radius 1 is 1.26 bits per heavy atom. The highest BCUT2D eigenvalue weighted by atomic mass is 35.5. The number of ether oxygens (including phenoxy) is 1. The number of piperidine rings is 1. The summed E-state index contributed by atoms with van der Waals surface area (Å²) in [6.45, 7) is 7.06. The lowest BCUT2D eigenvalue weighted by Gasteiger charge is -2.35. The maximum atomic E-state index is 12.9. The molecule has 2 N–H and O–H groups in total. The van der Waals surface area contributed by atoms with Crippen molar-refractivity contribution in [3.63, 3.8) is 0 Å². The Hall–Kier alpha value is -1.34. The highest BCUT2D eigenvalue weighted by molar-refractivity contribution is 6.34. The Morgan fingerprint density at radius 3 is 2.41 bits per heavy atom. The average Bonchev–Trinajstić information content (AvgIpc) is 2.63. The van der Waals surface area contributed by atoms with Gasteiger partial charge in [-0.25, -0.2) is 0 Å². The summed E-state index contributed by atoms with van der Waals surface area (Å²) < 4.78 is 5.30. The second-order valence-electron chi connectivity index (χ2n) is 6.59. The number of benzene rings is 1. The van der Waals surface area contributed by atoms with Gasteiger partial charge in [0.25, 0.3) is 5.91 Å². The van der Waals surface area contributed by atoms with Gasteiger partial charge < -0.3 is 20.3 Å². The molecule has 1 aliphatic heterocycles. The Kier molecular flexibility index (Phi) is 9.53. The first kappa shape index (κ1) is 23.7. The zero-order valence-corrected chi connectivity index (χ0v) is 17.7. The number of halogens is 2. The zero-order chi connectivity index (χ0) is 19.2. The van der Waals surface area contributed by atoms with E-state index in [1.807, 2.05) is 13.8 Å². The van der Waals surface area contributed by atoms with Crippen LogP contribution in [0.1, 0.15) is 37.0 Å². The Morgan fingerprint density at radius 2 is 1.89 bits per heavy atom. The van der Waals surface area contributed by atoms with Crippen LogP contribution in [0.3, 0.4) is 0 Å². The lowest BCUT2D eigenvalue weighted by atomic mass is 9.78. The van der Waals surface area contributed by atoms with Crippen molar-refractivity contribution in [1.82, 2.24) is 10.2 Å². The third-order valence-corrected chi connectivity index (χ3v) is 5.28. The van der Waals surface area contributed by atoms with E-state index in [-0.39, 0.29) is 24.2 Å². The Bertz CT molecular complexity index is 640. The van der Waals surface area contributed by atoms with Gasteiger partial charge in [-0.05, 0) is 58.0 Å². The monoisotopic (exact) mass is 417 g/mol. The number of methoxy groups -OCH3 is 1. The van der Waals surface area contributed by atoms with Crippen LogP contribution < -0.4 is 10.6 Å². The van der Waals surface area contributed by atoms with Crippen molar-refractivity contribution in [2.24, 2.45) is 5.41 Å². The van der Waals surface area contributed by atoms with Crippen LogP contribution in [-0.2, 0) is 9.53 Å². The van der Waals surface area contributed by atoms with Crippen molar-refractivity contribution >= 4 is 41.5 Å². The number of hydrogen-bond acceptors (Lipinski definition) is 4. The second-order valence-corrected chi connectivity index (χ2v) is 7.00. The Balaban J connectivity index is 0.00000364. The number of nitrogens with zero attached hydrogens (tertiary/aromatic N) is 1. The molecule has 0 spiro atoms. The van der Waals surface area contributed by atoms with Crippen LogP contribution in [0.25, 0.3) is 0 Å². The van der Waals surface area contributed by atoms with Crippen molar-refractivity contribution in [3.05, 3.63) is 28.8 Å². The first-order chi connectivity index (χ1) is 12.5. The largest absolute Gasteiger partial charge is 0.384 e. The number of carbonyl (C=O) groups is 2. The maximum absolute atomic E-state index is 12.9. The molecular formula is C19H29Cl2N3O3. The van der Waals surface area contributed by atoms with Crippen LogP contribution in [0, 0.1) is 5.41 Å². The van der Waals surface area contributed by atoms with Crippen LogP contribution in [0.5, 0.6) is 0 Å². The van der Waals surface area contributed by atoms with Gasteiger partial charge in [-0.15, -0.1) is 12.4 Å². The van der Waals surface area contributed by atoms with Crippen molar-refractivity contribution in [3.8, 4) is 0 Å². The molecule has 0 atom stereocenters. The van der Waals surface area contributed by atoms with Crippen LogP contribution in [0.15, 0.2) is 18.2 Å². The predicted octanol–water partition coefficient (Wildman–Crippen LogP) is 3.20. The number of rotatable bonds is 7. The quantitative estimate of drug-likeness (QED) is 0.714. The zero-order valence-electron chi connectivity index (χ0n) is 16.1. The number of carbonyl (C=O) groups excluding carboxylic acids is 2. The molecule has 6 nitrogen and oxygen atoms in total. The van der Waals surface area contributed by atoms with Gasteiger partial charge in [0.2, 0.25) is 5.91 Å². The van der Waals surface area contributed by atoms with Gasteiger partial charge in [0.05, 0.1) is 22.6 Å². The fraction of sp³-hybridized carbons (Fsp3) is 0.579. The third kappa shape index (κ3) is 5.57.